The van der Waals surface area contributed by atoms with Crippen molar-refractivity contribution >= 4 is 0 Å². The van der Waals surface area contributed by atoms with E-state index in [9.17, 15) is 0 Å². The maximum Gasteiger partial charge on any atom is 0.115 e. The summed E-state index contributed by atoms with van der Waals surface area (Å²) in [5.74, 6) is -0.0363. The molecule has 2 heteroatoms. The highest BCUT2D eigenvalue weighted by Gasteiger charge is 1.89. The molecular formula is C8H11NO. The Morgan fingerprint density at radius 2 is 2.10 bits per heavy atom. The van der Waals surface area contributed by atoms with Crippen molar-refractivity contribution < 1.29 is 7.85 Å². The second-order valence-electron chi connectivity index (χ2n) is 2.02. The Hall–Kier alpha value is -1.02. The van der Waals surface area contributed by atoms with Crippen molar-refractivity contribution in [2.45, 2.75) is 6.42 Å². The molecule has 3 N–H and O–H groups in total. The second kappa shape index (κ2) is 3.22. The van der Waals surface area contributed by atoms with Gasteiger partial charge in [0.25, 0.3) is 0 Å². The number of rotatable bonds is 2. The minimum atomic E-state index is -0.0363. The van der Waals surface area contributed by atoms with E-state index >= 15 is 0 Å². The van der Waals surface area contributed by atoms with Crippen LogP contribution in [0.4, 0.5) is 0 Å². The summed E-state index contributed by atoms with van der Waals surface area (Å²) in [4.78, 5) is 0. The lowest BCUT2D eigenvalue weighted by Gasteiger charge is -1.96. The van der Waals surface area contributed by atoms with E-state index in [1.165, 1.54) is 12.1 Å². The minimum absolute atomic E-state index is 0.0363. The Bertz CT molecular complexity index is 265. The molecule has 0 aliphatic heterocycles. The van der Waals surface area contributed by atoms with Crippen molar-refractivity contribution in [1.29, 1.82) is 0 Å². The van der Waals surface area contributed by atoms with Gasteiger partial charge in [-0.3, -0.25) is 0 Å². The maximum absolute atomic E-state index is 9.02. The van der Waals surface area contributed by atoms with Gasteiger partial charge in [0.15, 0.2) is 0 Å². The van der Waals surface area contributed by atoms with Crippen LogP contribution in [0, 0.1) is 0 Å². The summed E-state index contributed by atoms with van der Waals surface area (Å²) in [5.41, 5.74) is 5.90. The minimum Gasteiger partial charge on any atom is -0.508 e. The van der Waals surface area contributed by atoms with Crippen LogP contribution < -0.4 is 5.73 Å². The van der Waals surface area contributed by atoms with Gasteiger partial charge in [0.05, 0.1) is 2.74 Å². The Balaban J connectivity index is 3.10. The van der Waals surface area contributed by atoms with Gasteiger partial charge in [0, 0.05) is 0 Å². The van der Waals surface area contributed by atoms with E-state index in [0.717, 1.165) is 0 Å². The van der Waals surface area contributed by atoms with Gasteiger partial charge < -0.3 is 10.8 Å². The lowest BCUT2D eigenvalue weighted by atomic mass is 10.1. The van der Waals surface area contributed by atoms with Crippen molar-refractivity contribution in [3.8, 4) is 5.75 Å². The largest absolute Gasteiger partial charge is 0.508 e. The number of aromatic hydroxyl groups is 1. The van der Waals surface area contributed by atoms with Gasteiger partial charge in [-0.2, -0.15) is 0 Å². The fourth-order valence-corrected chi connectivity index (χ4v) is 0.694. The summed E-state index contributed by atoms with van der Waals surface area (Å²) in [6, 6.07) is 3.02. The Morgan fingerprint density at radius 3 is 2.60 bits per heavy atom. The SMILES string of the molecule is [2H]c1cc(O)cc([2H])c1CCN. The van der Waals surface area contributed by atoms with E-state index in [2.05, 4.69) is 0 Å². The number of phenolic OH excluding ortho intramolecular Hbond substituents is 1. The van der Waals surface area contributed by atoms with Crippen molar-refractivity contribution in [3.05, 3.63) is 29.8 Å². The smallest absolute Gasteiger partial charge is 0.115 e. The third-order valence-corrected chi connectivity index (χ3v) is 1.18. The Labute approximate surface area is 63.1 Å². The normalized spacial score (nSPS) is 12.5. The van der Waals surface area contributed by atoms with Gasteiger partial charge in [-0.05, 0) is 30.7 Å². The van der Waals surface area contributed by atoms with Gasteiger partial charge in [-0.15, -0.1) is 0 Å². The van der Waals surface area contributed by atoms with Crippen molar-refractivity contribution in [1.82, 2.24) is 0 Å². The Kier molecular flexibility index (Phi) is 1.53. The molecule has 0 spiro atoms. The molecule has 54 valence electrons. The predicted octanol–water partition coefficient (Wildman–Crippen LogP) is 0.893. The zero-order chi connectivity index (χ0) is 9.14. The van der Waals surface area contributed by atoms with Crippen LogP contribution in [-0.2, 0) is 6.42 Å². The molecular weight excluding hydrogens is 126 g/mol. The van der Waals surface area contributed by atoms with Gasteiger partial charge in [-0.25, -0.2) is 0 Å². The molecule has 0 aliphatic rings. The number of hydrogen-bond acceptors (Lipinski definition) is 2. The molecule has 0 saturated carbocycles. The molecule has 0 fully saturated rings. The van der Waals surface area contributed by atoms with Crippen molar-refractivity contribution in [3.63, 3.8) is 0 Å². The van der Waals surface area contributed by atoms with Crippen molar-refractivity contribution in [2.24, 2.45) is 5.73 Å². The number of phenols is 1. The van der Waals surface area contributed by atoms with E-state index in [1.54, 1.807) is 0 Å². The van der Waals surface area contributed by atoms with E-state index in [-0.39, 0.29) is 17.8 Å². The monoisotopic (exact) mass is 139 g/mol. The molecule has 0 radical (unpaired) electrons. The quantitative estimate of drug-likeness (QED) is 0.639. The fourth-order valence-electron chi connectivity index (χ4n) is 0.694. The highest BCUT2D eigenvalue weighted by Crippen LogP contribution is 2.09. The molecule has 0 saturated heterocycles. The van der Waals surface area contributed by atoms with Crippen LogP contribution in [0.25, 0.3) is 0 Å². The molecule has 0 amide bonds. The first-order chi connectivity index (χ1) is 5.65. The number of benzene rings is 1. The summed E-state index contributed by atoms with van der Waals surface area (Å²) in [7, 11) is 0. The summed E-state index contributed by atoms with van der Waals surface area (Å²) in [6.07, 6.45) is 0.512. The standard InChI is InChI=1S/C8H11NO/c9-6-5-7-1-3-8(10)4-2-7/h1-4,10H,5-6,9H2/i1D,2D. The summed E-state index contributed by atoms with van der Waals surface area (Å²) in [6.45, 7) is 0.419. The molecule has 0 unspecified atom stereocenters. The van der Waals surface area contributed by atoms with Crippen LogP contribution >= 0.6 is 0 Å². The van der Waals surface area contributed by atoms with Gasteiger partial charge in [-0.1, -0.05) is 12.1 Å². The molecule has 10 heavy (non-hydrogen) atoms. The van der Waals surface area contributed by atoms with Crippen LogP contribution in [0.3, 0.4) is 0 Å². The maximum atomic E-state index is 9.02. The first-order valence-electron chi connectivity index (χ1n) is 4.14. The molecule has 1 aromatic carbocycles. The topological polar surface area (TPSA) is 46.2 Å². The fraction of sp³-hybridized carbons (Fsp3) is 0.250. The molecule has 0 aromatic heterocycles. The highest BCUT2D eigenvalue weighted by molar-refractivity contribution is 5.25. The predicted molar refractivity (Wildman–Crippen MR) is 40.9 cm³/mol. The number of hydrogen-bond donors (Lipinski definition) is 2. The van der Waals surface area contributed by atoms with Crippen LogP contribution in [0.1, 0.15) is 8.30 Å². The van der Waals surface area contributed by atoms with Gasteiger partial charge in [0.1, 0.15) is 5.75 Å². The van der Waals surface area contributed by atoms with Gasteiger partial charge >= 0.3 is 0 Å². The Morgan fingerprint density at radius 1 is 1.50 bits per heavy atom. The van der Waals surface area contributed by atoms with Crippen LogP contribution in [0.5, 0.6) is 5.75 Å². The van der Waals surface area contributed by atoms with Crippen LogP contribution in [0.15, 0.2) is 24.2 Å². The molecule has 0 heterocycles. The molecule has 0 bridgehead atoms. The van der Waals surface area contributed by atoms with E-state index in [4.69, 9.17) is 13.6 Å². The van der Waals surface area contributed by atoms with Crippen LogP contribution in [-0.4, -0.2) is 11.7 Å². The zero-order valence-corrected chi connectivity index (χ0v) is 5.59. The molecule has 1 rings (SSSR count). The first-order valence-corrected chi connectivity index (χ1v) is 3.14. The van der Waals surface area contributed by atoms with E-state index < -0.39 is 0 Å². The average molecular weight is 139 g/mol. The molecule has 1 aromatic rings. The zero-order valence-electron chi connectivity index (χ0n) is 7.59. The third kappa shape index (κ3) is 1.74. The second-order valence-corrected chi connectivity index (χ2v) is 2.02. The third-order valence-electron chi connectivity index (χ3n) is 1.18. The van der Waals surface area contributed by atoms with Crippen LogP contribution in [0.2, 0.25) is 0 Å². The van der Waals surface area contributed by atoms with Crippen molar-refractivity contribution in [2.75, 3.05) is 6.54 Å². The summed E-state index contributed by atoms with van der Waals surface area (Å²) < 4.78 is 14.8. The first kappa shape index (κ1) is 4.74. The molecule has 2 nitrogen and oxygen atoms in total. The number of nitrogens with two attached hydrogens (primary N) is 1. The molecule has 0 aliphatic carbocycles. The highest BCUT2D eigenvalue weighted by atomic mass is 16.3. The van der Waals surface area contributed by atoms with E-state index in [0.29, 0.717) is 18.5 Å². The summed E-state index contributed by atoms with van der Waals surface area (Å²) in [5, 5.41) is 9.02. The summed E-state index contributed by atoms with van der Waals surface area (Å²) >= 11 is 0. The lowest BCUT2D eigenvalue weighted by molar-refractivity contribution is 0.475. The van der Waals surface area contributed by atoms with E-state index in [1.807, 2.05) is 0 Å². The molecule has 0 atom stereocenters. The lowest BCUT2D eigenvalue weighted by Crippen LogP contribution is -2.01. The average Bonchev–Trinajstić information content (AvgIpc) is 1.96. The van der Waals surface area contributed by atoms with Gasteiger partial charge in [0.2, 0.25) is 0 Å².